The molecule has 1 fully saturated rings. The molecule has 0 spiro atoms. The Morgan fingerprint density at radius 1 is 0.750 bits per heavy atom. The minimum absolute atomic E-state index is 0.120. The van der Waals surface area contributed by atoms with E-state index in [1.165, 1.54) is 11.5 Å². The van der Waals surface area contributed by atoms with Crippen LogP contribution in [0.4, 0.5) is 4.79 Å². The number of pyridine rings is 1. The first-order valence-electron chi connectivity index (χ1n) is 21.2. The first kappa shape index (κ1) is 50.9. The molecular formula is C46H62N6O11S. The fraction of sp³-hybridized carbons (Fsp3) is 0.500. The Labute approximate surface area is 377 Å². The summed E-state index contributed by atoms with van der Waals surface area (Å²) in [5.74, 6) is -4.30. The van der Waals surface area contributed by atoms with Gasteiger partial charge >= 0.3 is 18.0 Å². The summed E-state index contributed by atoms with van der Waals surface area (Å²) in [6.45, 7) is 15.1. The predicted molar refractivity (Wildman–Crippen MR) is 240 cm³/mol. The summed E-state index contributed by atoms with van der Waals surface area (Å²) in [7, 11) is -1.58. The van der Waals surface area contributed by atoms with Gasteiger partial charge in [-0.2, -0.15) is 0 Å². The number of ether oxygens (including phenoxy) is 4. The van der Waals surface area contributed by atoms with Crippen molar-refractivity contribution in [1.29, 1.82) is 0 Å². The number of nitrogens with zero attached hydrogens (tertiary/aromatic N) is 2. The maximum Gasteiger partial charge on any atom is 0.408 e. The number of amides is 4. The Kier molecular flexibility index (Phi) is 18.9. The molecule has 0 bridgehead atoms. The lowest BCUT2D eigenvalue weighted by molar-refractivity contribution is -0.157. The van der Waals surface area contributed by atoms with Gasteiger partial charge in [-0.05, 0) is 65.2 Å². The second kappa shape index (κ2) is 23.8. The number of carbonyl (C=O) groups excluding carboxylic acids is 6. The lowest BCUT2D eigenvalue weighted by Gasteiger charge is -2.28. The normalized spacial score (nSPS) is 15.9. The SMILES string of the molecule is CC(C)C(NC(=O)C(Cc1ccc2ccccc2n1)NC(=O)[C@H](CC(=O)OC(C)(C)C)NC(=O)OCc1ccccc1)C(=O)NC(/C=C/S(=O)N1CCOCC1)CC(=O)OC(C)(C)C. The minimum Gasteiger partial charge on any atom is -0.460 e. The summed E-state index contributed by atoms with van der Waals surface area (Å²) in [6.07, 6.45) is -0.602. The topological polar surface area (TPSA) is 221 Å². The van der Waals surface area contributed by atoms with Gasteiger partial charge in [-0.3, -0.25) is 29.0 Å². The Morgan fingerprint density at radius 2 is 1.36 bits per heavy atom. The van der Waals surface area contributed by atoms with Gasteiger partial charge in [0.25, 0.3) is 0 Å². The van der Waals surface area contributed by atoms with Crippen LogP contribution >= 0.6 is 0 Å². The molecule has 1 aliphatic rings. The van der Waals surface area contributed by atoms with Crippen molar-refractivity contribution in [2.45, 2.75) is 117 Å². The monoisotopic (exact) mass is 906 g/mol. The van der Waals surface area contributed by atoms with Gasteiger partial charge in [-0.25, -0.2) is 13.3 Å². The van der Waals surface area contributed by atoms with Gasteiger partial charge in [0.1, 0.15) is 46.9 Å². The summed E-state index contributed by atoms with van der Waals surface area (Å²) in [5, 5.41) is 12.9. The zero-order valence-electron chi connectivity index (χ0n) is 37.8. The van der Waals surface area contributed by atoms with Crippen LogP contribution < -0.4 is 21.3 Å². The van der Waals surface area contributed by atoms with Crippen molar-refractivity contribution in [3.05, 3.63) is 89.5 Å². The van der Waals surface area contributed by atoms with Crippen LogP contribution in [0.25, 0.3) is 10.9 Å². The number of alkyl carbamates (subject to hydrolysis) is 1. The highest BCUT2D eigenvalue weighted by atomic mass is 32.2. The molecule has 0 aliphatic carbocycles. The molecule has 1 saturated heterocycles. The third-order valence-corrected chi connectivity index (χ3v) is 10.6. The van der Waals surface area contributed by atoms with E-state index in [-0.39, 0.29) is 19.4 Å². The molecule has 4 amide bonds. The number of hydrogen-bond acceptors (Lipinski definition) is 12. The van der Waals surface area contributed by atoms with Gasteiger partial charge in [-0.1, -0.05) is 74.5 Å². The highest BCUT2D eigenvalue weighted by molar-refractivity contribution is 7.85. The van der Waals surface area contributed by atoms with Crippen molar-refractivity contribution >= 4 is 57.6 Å². The van der Waals surface area contributed by atoms with Crippen molar-refractivity contribution in [3.8, 4) is 0 Å². The molecule has 0 saturated carbocycles. The summed E-state index contributed by atoms with van der Waals surface area (Å²) < 4.78 is 36.5. The number of morpholine rings is 1. The van der Waals surface area contributed by atoms with Gasteiger partial charge in [0.05, 0.1) is 37.6 Å². The Bertz CT molecular complexity index is 2130. The van der Waals surface area contributed by atoms with E-state index >= 15 is 0 Å². The van der Waals surface area contributed by atoms with E-state index in [1.807, 2.05) is 24.3 Å². The maximum absolute atomic E-state index is 14.4. The second-order valence-corrected chi connectivity index (χ2v) is 18.9. The van der Waals surface area contributed by atoms with Crippen LogP contribution in [-0.2, 0) is 66.9 Å². The molecule has 0 radical (unpaired) electrons. The Hall–Kier alpha value is -5.72. The maximum atomic E-state index is 14.4. The average Bonchev–Trinajstić information content (AvgIpc) is 3.22. The van der Waals surface area contributed by atoms with Crippen LogP contribution in [0.5, 0.6) is 0 Å². The van der Waals surface area contributed by atoms with Crippen LogP contribution in [0.3, 0.4) is 0 Å². The second-order valence-electron chi connectivity index (χ2n) is 17.6. The molecule has 1 aromatic heterocycles. The summed E-state index contributed by atoms with van der Waals surface area (Å²) in [6, 6.07) is 14.6. The van der Waals surface area contributed by atoms with Gasteiger partial charge in [0.2, 0.25) is 17.7 Å². The van der Waals surface area contributed by atoms with Crippen LogP contribution in [0.15, 0.2) is 78.2 Å². The molecule has 64 heavy (non-hydrogen) atoms. The van der Waals surface area contributed by atoms with E-state index in [1.54, 1.807) is 102 Å². The number of benzene rings is 2. The Morgan fingerprint density at radius 3 is 2.00 bits per heavy atom. The lowest BCUT2D eigenvalue weighted by atomic mass is 10.0. The molecule has 2 heterocycles. The smallest absolute Gasteiger partial charge is 0.408 e. The third-order valence-electron chi connectivity index (χ3n) is 9.35. The fourth-order valence-corrected chi connectivity index (χ4v) is 7.35. The predicted octanol–water partition coefficient (Wildman–Crippen LogP) is 4.16. The molecule has 2 aromatic carbocycles. The molecule has 4 unspecified atom stereocenters. The van der Waals surface area contributed by atoms with Gasteiger partial charge in [0, 0.05) is 36.0 Å². The van der Waals surface area contributed by atoms with Crippen molar-refractivity contribution < 1.29 is 51.9 Å². The van der Waals surface area contributed by atoms with E-state index in [0.29, 0.717) is 43.1 Å². The number of para-hydroxylation sites is 1. The van der Waals surface area contributed by atoms with Crippen LogP contribution in [-0.4, -0.2) is 111 Å². The quantitative estimate of drug-likeness (QED) is 0.0985. The number of hydrogen-bond donors (Lipinski definition) is 4. The van der Waals surface area contributed by atoms with Crippen molar-refractivity contribution in [1.82, 2.24) is 30.6 Å². The highest BCUT2D eigenvalue weighted by Gasteiger charge is 2.34. The molecule has 17 nitrogen and oxygen atoms in total. The standard InChI is InChI=1S/C46H62N6O11S/c1-30(2)40(43(57)48-34(27-38(53)62-45(3,4)5)20-25-64(59)52-21-23-60-24-22-52)51-42(56)36(26-33-19-18-32-16-12-13-17-35(32)47-33)49-41(55)37(28-39(54)63-46(6,7)8)50-44(58)61-29-31-14-10-9-11-15-31/h9-20,25,30,34,36-37,40H,21-24,26-29H2,1-8H3,(H,48,57)(H,49,55)(H,50,58)(H,51,56)/b25-20+/t34?,36?,37-,40?,64?/m0/s1. The Balaban J connectivity index is 1.60. The first-order chi connectivity index (χ1) is 30.2. The number of rotatable bonds is 19. The summed E-state index contributed by atoms with van der Waals surface area (Å²) in [4.78, 5) is 86.5. The number of aromatic nitrogens is 1. The molecule has 4 N–H and O–H groups in total. The van der Waals surface area contributed by atoms with E-state index in [4.69, 9.17) is 18.9 Å². The minimum atomic E-state index is -1.58. The van der Waals surface area contributed by atoms with E-state index in [9.17, 15) is 33.0 Å². The molecule has 3 aromatic rings. The van der Waals surface area contributed by atoms with Crippen LogP contribution in [0.1, 0.15) is 79.5 Å². The zero-order valence-corrected chi connectivity index (χ0v) is 38.7. The molecule has 1 aliphatic heterocycles. The van der Waals surface area contributed by atoms with Crippen molar-refractivity contribution in [3.63, 3.8) is 0 Å². The van der Waals surface area contributed by atoms with Crippen LogP contribution in [0.2, 0.25) is 0 Å². The number of carbonyl (C=O) groups is 6. The lowest BCUT2D eigenvalue weighted by Crippen LogP contribution is -2.59. The van der Waals surface area contributed by atoms with Crippen molar-refractivity contribution in [2.75, 3.05) is 26.3 Å². The van der Waals surface area contributed by atoms with Gasteiger partial charge in [-0.15, -0.1) is 0 Å². The molecular weight excluding hydrogens is 845 g/mol. The van der Waals surface area contributed by atoms with Gasteiger partial charge in [0.15, 0.2) is 0 Å². The number of fused-ring (bicyclic) bond motifs is 1. The van der Waals surface area contributed by atoms with Crippen LogP contribution in [0, 0.1) is 5.92 Å². The summed E-state index contributed by atoms with van der Waals surface area (Å²) in [5.41, 5.74) is 0.00575. The fourth-order valence-electron chi connectivity index (χ4n) is 6.34. The highest BCUT2D eigenvalue weighted by Crippen LogP contribution is 2.16. The molecule has 18 heteroatoms. The van der Waals surface area contributed by atoms with E-state index < -0.39 is 94.4 Å². The third kappa shape index (κ3) is 17.8. The zero-order chi connectivity index (χ0) is 47.0. The molecule has 5 atom stereocenters. The first-order valence-corrected chi connectivity index (χ1v) is 22.4. The van der Waals surface area contributed by atoms with E-state index in [0.717, 1.165) is 5.39 Å². The van der Waals surface area contributed by atoms with Gasteiger partial charge < -0.3 is 40.2 Å². The number of nitrogens with one attached hydrogen (secondary N) is 4. The molecule has 348 valence electrons. The van der Waals surface area contributed by atoms with Crippen molar-refractivity contribution in [2.24, 2.45) is 5.92 Å². The average molecular weight is 907 g/mol. The summed E-state index contributed by atoms with van der Waals surface area (Å²) >= 11 is 0. The van der Waals surface area contributed by atoms with E-state index in [2.05, 4.69) is 26.3 Å². The largest absolute Gasteiger partial charge is 0.460 e. The number of esters is 2. The molecule has 4 rings (SSSR count).